The second kappa shape index (κ2) is 5.35. The second-order valence-corrected chi connectivity index (χ2v) is 5.73. The Bertz CT molecular complexity index is 412. The predicted molar refractivity (Wildman–Crippen MR) is 72.4 cm³/mol. The van der Waals surface area contributed by atoms with E-state index in [1.54, 1.807) is 0 Å². The molecule has 0 bridgehead atoms. The standard InChI is InChI=1S/C15H23N3/c1-2-8-16-13-4-3-5-14-12(13)10-17-15(18-14)9-11-6-7-11/h10-11,13,16H,2-9H2,1H3. The van der Waals surface area contributed by atoms with Gasteiger partial charge in [-0.15, -0.1) is 0 Å². The highest BCUT2D eigenvalue weighted by atomic mass is 14.9. The topological polar surface area (TPSA) is 37.8 Å². The lowest BCUT2D eigenvalue weighted by Crippen LogP contribution is -2.27. The highest BCUT2D eigenvalue weighted by molar-refractivity contribution is 5.24. The maximum Gasteiger partial charge on any atom is 0.128 e. The van der Waals surface area contributed by atoms with Gasteiger partial charge in [0.25, 0.3) is 0 Å². The molecular weight excluding hydrogens is 222 g/mol. The van der Waals surface area contributed by atoms with Gasteiger partial charge in [0.1, 0.15) is 5.82 Å². The van der Waals surface area contributed by atoms with Gasteiger partial charge >= 0.3 is 0 Å². The summed E-state index contributed by atoms with van der Waals surface area (Å²) in [5.41, 5.74) is 2.66. The molecule has 18 heavy (non-hydrogen) atoms. The van der Waals surface area contributed by atoms with Crippen molar-refractivity contribution in [3.05, 3.63) is 23.3 Å². The average molecular weight is 245 g/mol. The molecule has 2 aliphatic carbocycles. The van der Waals surface area contributed by atoms with Crippen molar-refractivity contribution in [1.29, 1.82) is 0 Å². The Labute approximate surface area is 109 Å². The van der Waals surface area contributed by atoms with Crippen molar-refractivity contribution in [3.8, 4) is 0 Å². The fourth-order valence-corrected chi connectivity index (χ4v) is 2.80. The molecule has 1 heterocycles. The van der Waals surface area contributed by atoms with Crippen LogP contribution in [0.25, 0.3) is 0 Å². The monoisotopic (exact) mass is 245 g/mol. The van der Waals surface area contributed by atoms with Gasteiger partial charge in [-0.05, 0) is 51.0 Å². The van der Waals surface area contributed by atoms with Gasteiger partial charge in [0.2, 0.25) is 0 Å². The zero-order valence-electron chi connectivity index (χ0n) is 11.3. The van der Waals surface area contributed by atoms with Gasteiger partial charge < -0.3 is 5.32 Å². The molecule has 0 spiro atoms. The van der Waals surface area contributed by atoms with Crippen molar-refractivity contribution < 1.29 is 0 Å². The molecule has 1 saturated carbocycles. The molecule has 0 aromatic carbocycles. The minimum atomic E-state index is 0.490. The first kappa shape index (κ1) is 12.1. The Balaban J connectivity index is 1.75. The lowest BCUT2D eigenvalue weighted by Gasteiger charge is -2.25. The van der Waals surface area contributed by atoms with Gasteiger partial charge in [-0.2, -0.15) is 0 Å². The third-order valence-corrected chi connectivity index (χ3v) is 4.04. The van der Waals surface area contributed by atoms with Crippen LogP contribution < -0.4 is 5.32 Å². The highest BCUT2D eigenvalue weighted by Gasteiger charge is 2.25. The fourth-order valence-electron chi connectivity index (χ4n) is 2.80. The minimum Gasteiger partial charge on any atom is -0.310 e. The number of fused-ring (bicyclic) bond motifs is 1. The summed E-state index contributed by atoms with van der Waals surface area (Å²) < 4.78 is 0. The molecule has 1 aromatic rings. The van der Waals surface area contributed by atoms with Crippen LogP contribution in [0.15, 0.2) is 6.20 Å². The summed E-state index contributed by atoms with van der Waals surface area (Å²) in [5.74, 6) is 1.95. The van der Waals surface area contributed by atoms with Crippen LogP contribution in [-0.4, -0.2) is 16.5 Å². The lowest BCUT2D eigenvalue weighted by atomic mass is 9.92. The number of nitrogens with one attached hydrogen (secondary N) is 1. The van der Waals surface area contributed by atoms with Crippen molar-refractivity contribution in [1.82, 2.24) is 15.3 Å². The van der Waals surface area contributed by atoms with Crippen molar-refractivity contribution in [2.75, 3.05) is 6.54 Å². The van der Waals surface area contributed by atoms with E-state index in [4.69, 9.17) is 4.98 Å². The normalized spacial score (nSPS) is 22.8. The van der Waals surface area contributed by atoms with Crippen molar-refractivity contribution in [3.63, 3.8) is 0 Å². The zero-order chi connectivity index (χ0) is 12.4. The van der Waals surface area contributed by atoms with Gasteiger partial charge in [-0.3, -0.25) is 0 Å². The molecule has 1 N–H and O–H groups in total. The summed E-state index contributed by atoms with van der Waals surface area (Å²) in [7, 11) is 0. The number of nitrogens with zero attached hydrogens (tertiary/aromatic N) is 2. The molecule has 1 aromatic heterocycles. The lowest BCUT2D eigenvalue weighted by molar-refractivity contribution is 0.451. The molecule has 1 unspecified atom stereocenters. The van der Waals surface area contributed by atoms with E-state index >= 15 is 0 Å². The Hall–Kier alpha value is -0.960. The van der Waals surface area contributed by atoms with E-state index in [1.165, 1.54) is 43.4 Å². The molecule has 3 nitrogen and oxygen atoms in total. The summed E-state index contributed by atoms with van der Waals surface area (Å²) in [6, 6.07) is 0.490. The SMILES string of the molecule is CCCNC1CCCc2nc(CC3CC3)ncc21. The van der Waals surface area contributed by atoms with Crippen LogP contribution in [0, 0.1) is 5.92 Å². The molecule has 3 rings (SSSR count). The van der Waals surface area contributed by atoms with Crippen LogP contribution in [0.1, 0.15) is 62.2 Å². The Morgan fingerprint density at radius 1 is 1.33 bits per heavy atom. The van der Waals surface area contributed by atoms with E-state index in [2.05, 4.69) is 23.4 Å². The summed E-state index contributed by atoms with van der Waals surface area (Å²) in [4.78, 5) is 9.38. The van der Waals surface area contributed by atoms with Crippen LogP contribution in [0.4, 0.5) is 0 Å². The molecule has 98 valence electrons. The average Bonchev–Trinajstić information content (AvgIpc) is 3.20. The smallest absolute Gasteiger partial charge is 0.128 e. The van der Waals surface area contributed by atoms with Gasteiger partial charge in [-0.1, -0.05) is 6.92 Å². The quantitative estimate of drug-likeness (QED) is 0.867. The van der Waals surface area contributed by atoms with Crippen LogP contribution in [0.5, 0.6) is 0 Å². The predicted octanol–water partition coefficient (Wildman–Crippen LogP) is 2.81. The molecule has 1 atom stereocenters. The molecule has 1 fully saturated rings. The van der Waals surface area contributed by atoms with E-state index in [0.29, 0.717) is 6.04 Å². The fraction of sp³-hybridized carbons (Fsp3) is 0.733. The van der Waals surface area contributed by atoms with Gasteiger partial charge in [0, 0.05) is 29.9 Å². The summed E-state index contributed by atoms with van der Waals surface area (Å²) in [6.07, 6.45) is 10.8. The summed E-state index contributed by atoms with van der Waals surface area (Å²) >= 11 is 0. The van der Waals surface area contributed by atoms with Gasteiger partial charge in [-0.25, -0.2) is 9.97 Å². The largest absolute Gasteiger partial charge is 0.310 e. The molecular formula is C15H23N3. The van der Waals surface area contributed by atoms with Crippen LogP contribution >= 0.6 is 0 Å². The third-order valence-electron chi connectivity index (χ3n) is 4.04. The van der Waals surface area contributed by atoms with E-state index in [9.17, 15) is 0 Å². The number of rotatable bonds is 5. The molecule has 0 amide bonds. The van der Waals surface area contributed by atoms with Crippen molar-refractivity contribution in [2.24, 2.45) is 5.92 Å². The molecule has 3 heteroatoms. The molecule has 0 aliphatic heterocycles. The maximum atomic E-state index is 4.80. The third kappa shape index (κ3) is 2.72. The zero-order valence-corrected chi connectivity index (χ0v) is 11.3. The number of hydrogen-bond donors (Lipinski definition) is 1. The summed E-state index contributed by atoms with van der Waals surface area (Å²) in [5, 5.41) is 3.62. The Morgan fingerprint density at radius 3 is 3.00 bits per heavy atom. The number of aryl methyl sites for hydroxylation is 1. The number of aromatic nitrogens is 2. The maximum absolute atomic E-state index is 4.80. The van der Waals surface area contributed by atoms with E-state index in [0.717, 1.165) is 31.1 Å². The highest BCUT2D eigenvalue weighted by Crippen LogP contribution is 2.33. The molecule has 0 radical (unpaired) electrons. The summed E-state index contributed by atoms with van der Waals surface area (Å²) in [6.45, 7) is 3.31. The first-order chi connectivity index (χ1) is 8.86. The van der Waals surface area contributed by atoms with Crippen LogP contribution in [0.2, 0.25) is 0 Å². The van der Waals surface area contributed by atoms with Gasteiger partial charge in [0.15, 0.2) is 0 Å². The van der Waals surface area contributed by atoms with E-state index in [1.807, 2.05) is 0 Å². The number of hydrogen-bond acceptors (Lipinski definition) is 3. The van der Waals surface area contributed by atoms with E-state index in [-0.39, 0.29) is 0 Å². The Morgan fingerprint density at radius 2 is 2.22 bits per heavy atom. The molecule has 0 saturated heterocycles. The van der Waals surface area contributed by atoms with Crippen molar-refractivity contribution in [2.45, 2.75) is 57.9 Å². The van der Waals surface area contributed by atoms with Gasteiger partial charge in [0.05, 0.1) is 0 Å². The second-order valence-electron chi connectivity index (χ2n) is 5.73. The Kier molecular flexibility index (Phi) is 3.59. The molecule has 2 aliphatic rings. The van der Waals surface area contributed by atoms with E-state index < -0.39 is 0 Å². The minimum absolute atomic E-state index is 0.490. The van der Waals surface area contributed by atoms with Crippen molar-refractivity contribution >= 4 is 0 Å². The van der Waals surface area contributed by atoms with Crippen LogP contribution in [0.3, 0.4) is 0 Å². The first-order valence-electron chi connectivity index (χ1n) is 7.45. The van der Waals surface area contributed by atoms with Crippen LogP contribution in [-0.2, 0) is 12.8 Å². The first-order valence-corrected chi connectivity index (χ1v) is 7.45.